The van der Waals surface area contributed by atoms with Crippen molar-refractivity contribution in [1.82, 2.24) is 14.8 Å². The fraction of sp³-hybridized carbons (Fsp3) is 0.333. The molecule has 2 aromatic heterocycles. The Morgan fingerprint density at radius 1 is 1.12 bits per heavy atom. The van der Waals surface area contributed by atoms with Gasteiger partial charge < -0.3 is 14.4 Å². The van der Waals surface area contributed by atoms with Crippen LogP contribution in [0.5, 0.6) is 11.6 Å². The Kier molecular flexibility index (Phi) is 5.65. The summed E-state index contributed by atoms with van der Waals surface area (Å²) in [6.45, 7) is 3.67. The average Bonchev–Trinajstić information content (AvgIpc) is 3.55. The lowest BCUT2D eigenvalue weighted by molar-refractivity contribution is -0.117. The maximum atomic E-state index is 13.3. The number of ether oxygens (including phenoxy) is 2. The van der Waals surface area contributed by atoms with E-state index in [2.05, 4.69) is 10.1 Å². The fourth-order valence-electron chi connectivity index (χ4n) is 4.22. The molecule has 176 valence electrons. The van der Waals surface area contributed by atoms with Gasteiger partial charge in [-0.15, -0.1) is 0 Å². The van der Waals surface area contributed by atoms with Crippen molar-refractivity contribution >= 4 is 35.0 Å². The number of carbonyl (C=O) groups is 2. The van der Waals surface area contributed by atoms with Crippen LogP contribution < -0.4 is 19.3 Å². The van der Waals surface area contributed by atoms with Gasteiger partial charge in [0.25, 0.3) is 0 Å². The quantitative estimate of drug-likeness (QED) is 0.536. The van der Waals surface area contributed by atoms with Crippen LogP contribution in [0, 0.1) is 0 Å². The standard InChI is InChI=1S/C24H24ClN5O4/c1-14-12-28(24(32)34-22-9-23(33-3)26-11-19(22)25)21-8-16(4-7-20(21)30(14)15(2)31)17-10-27-29(13-17)18-5-6-18/h4,7-11,13-14,18H,5-6,12H2,1-3H3/t14-/m0/s1. The van der Waals surface area contributed by atoms with E-state index in [1.54, 1.807) is 4.90 Å². The van der Waals surface area contributed by atoms with Crippen LogP contribution in [0.4, 0.5) is 16.2 Å². The van der Waals surface area contributed by atoms with Crippen molar-refractivity contribution in [2.24, 2.45) is 0 Å². The van der Waals surface area contributed by atoms with Crippen LogP contribution in [0.3, 0.4) is 0 Å². The predicted octanol–water partition coefficient (Wildman–Crippen LogP) is 4.70. The summed E-state index contributed by atoms with van der Waals surface area (Å²) in [5, 5.41) is 4.66. The smallest absolute Gasteiger partial charge is 0.419 e. The second kappa shape index (κ2) is 8.64. The largest absolute Gasteiger partial charge is 0.481 e. The SMILES string of the molecule is COc1cc(OC(=O)N2C[C@H](C)N(C(C)=O)c3ccc(-c4cnn(C5CC5)c4)cc32)c(Cl)cn1. The van der Waals surface area contributed by atoms with Crippen molar-refractivity contribution in [3.05, 3.63) is 47.9 Å². The molecule has 0 unspecified atom stereocenters. The van der Waals surface area contributed by atoms with E-state index in [1.807, 2.05) is 42.2 Å². The van der Waals surface area contributed by atoms with Crippen LogP contribution >= 0.6 is 11.6 Å². The molecule has 0 saturated heterocycles. The molecule has 5 rings (SSSR count). The summed E-state index contributed by atoms with van der Waals surface area (Å²) in [6, 6.07) is 7.37. The van der Waals surface area contributed by atoms with Gasteiger partial charge in [0.1, 0.15) is 5.02 Å². The monoisotopic (exact) mass is 481 g/mol. The number of carbonyl (C=O) groups excluding carboxylic acids is 2. The number of halogens is 1. The Balaban J connectivity index is 1.52. The van der Waals surface area contributed by atoms with Crippen LogP contribution in [-0.2, 0) is 4.79 Å². The summed E-state index contributed by atoms with van der Waals surface area (Å²) in [4.78, 5) is 33.0. The molecule has 3 aromatic rings. The van der Waals surface area contributed by atoms with Gasteiger partial charge in [-0.3, -0.25) is 14.4 Å². The second-order valence-electron chi connectivity index (χ2n) is 8.52. The maximum Gasteiger partial charge on any atom is 0.419 e. The van der Waals surface area contributed by atoms with E-state index in [4.69, 9.17) is 21.1 Å². The van der Waals surface area contributed by atoms with Gasteiger partial charge in [-0.05, 0) is 37.5 Å². The minimum Gasteiger partial charge on any atom is -0.481 e. The molecule has 1 aliphatic carbocycles. The van der Waals surface area contributed by atoms with E-state index < -0.39 is 6.09 Å². The number of rotatable bonds is 4. The highest BCUT2D eigenvalue weighted by atomic mass is 35.5. The molecule has 2 aliphatic rings. The number of nitrogens with zero attached hydrogens (tertiary/aromatic N) is 5. The predicted molar refractivity (Wildman–Crippen MR) is 128 cm³/mol. The summed E-state index contributed by atoms with van der Waals surface area (Å²) in [5.74, 6) is 0.318. The molecule has 0 radical (unpaired) electrons. The first-order valence-electron chi connectivity index (χ1n) is 11.0. The molecule has 10 heteroatoms. The summed E-state index contributed by atoms with van der Waals surface area (Å²) in [5.41, 5.74) is 3.05. The Morgan fingerprint density at radius 2 is 1.91 bits per heavy atom. The molecule has 2 amide bonds. The van der Waals surface area contributed by atoms with Crippen LogP contribution in [0.25, 0.3) is 11.1 Å². The third-order valence-electron chi connectivity index (χ3n) is 6.03. The molecule has 0 N–H and O–H groups in total. The first-order valence-corrected chi connectivity index (χ1v) is 11.4. The first-order chi connectivity index (χ1) is 16.4. The van der Waals surface area contributed by atoms with Crippen molar-refractivity contribution in [3.63, 3.8) is 0 Å². The summed E-state index contributed by atoms with van der Waals surface area (Å²) in [7, 11) is 1.47. The van der Waals surface area contributed by atoms with Crippen molar-refractivity contribution < 1.29 is 19.1 Å². The van der Waals surface area contributed by atoms with E-state index in [0.717, 1.165) is 24.0 Å². The molecule has 0 bridgehead atoms. The normalized spacial score (nSPS) is 17.4. The van der Waals surface area contributed by atoms with Gasteiger partial charge >= 0.3 is 6.09 Å². The van der Waals surface area contributed by atoms with Gasteiger partial charge in [0.2, 0.25) is 11.8 Å². The van der Waals surface area contributed by atoms with Crippen LogP contribution in [-0.4, -0.2) is 46.5 Å². The number of anilines is 2. The molecule has 3 heterocycles. The molecule has 1 saturated carbocycles. The lowest BCUT2D eigenvalue weighted by atomic mass is 10.0. The molecular weight excluding hydrogens is 458 g/mol. The van der Waals surface area contributed by atoms with Crippen LogP contribution in [0.2, 0.25) is 5.02 Å². The van der Waals surface area contributed by atoms with E-state index in [0.29, 0.717) is 17.4 Å². The summed E-state index contributed by atoms with van der Waals surface area (Å²) >= 11 is 6.19. The van der Waals surface area contributed by atoms with Crippen molar-refractivity contribution in [3.8, 4) is 22.8 Å². The lowest BCUT2D eigenvalue weighted by Gasteiger charge is -2.40. The Bertz CT molecular complexity index is 1270. The van der Waals surface area contributed by atoms with E-state index in [1.165, 1.54) is 31.2 Å². The Hall–Kier alpha value is -3.59. The van der Waals surface area contributed by atoms with Gasteiger partial charge in [-0.25, -0.2) is 9.78 Å². The van der Waals surface area contributed by atoms with Crippen molar-refractivity contribution in [2.45, 2.75) is 38.8 Å². The molecule has 9 nitrogen and oxygen atoms in total. The molecule has 1 atom stereocenters. The maximum absolute atomic E-state index is 13.3. The van der Waals surface area contributed by atoms with Gasteiger partial charge in [0.05, 0.1) is 43.0 Å². The highest BCUT2D eigenvalue weighted by Gasteiger charge is 2.35. The minimum absolute atomic E-state index is 0.0991. The highest BCUT2D eigenvalue weighted by molar-refractivity contribution is 6.32. The number of benzene rings is 1. The lowest BCUT2D eigenvalue weighted by Crippen LogP contribution is -2.52. The van der Waals surface area contributed by atoms with Gasteiger partial charge in [0.15, 0.2) is 5.75 Å². The number of hydrogen-bond acceptors (Lipinski definition) is 6. The van der Waals surface area contributed by atoms with Crippen LogP contribution in [0.15, 0.2) is 42.9 Å². The molecule has 1 aromatic carbocycles. The number of fused-ring (bicyclic) bond motifs is 1. The zero-order valence-corrected chi connectivity index (χ0v) is 19.8. The fourth-order valence-corrected chi connectivity index (χ4v) is 4.37. The van der Waals surface area contributed by atoms with E-state index in [-0.39, 0.29) is 35.1 Å². The molecule has 0 spiro atoms. The Morgan fingerprint density at radius 3 is 2.62 bits per heavy atom. The van der Waals surface area contributed by atoms with Crippen molar-refractivity contribution in [2.75, 3.05) is 23.5 Å². The topological polar surface area (TPSA) is 89.8 Å². The summed E-state index contributed by atoms with van der Waals surface area (Å²) < 4.78 is 12.7. The minimum atomic E-state index is -0.614. The van der Waals surface area contributed by atoms with Crippen molar-refractivity contribution in [1.29, 1.82) is 0 Å². The number of hydrogen-bond donors (Lipinski definition) is 0. The molecular formula is C24H24ClN5O4. The number of amides is 2. The van der Waals surface area contributed by atoms with Gasteiger partial charge in [-0.2, -0.15) is 5.10 Å². The number of aromatic nitrogens is 3. The van der Waals surface area contributed by atoms with Gasteiger partial charge in [0, 0.05) is 31.3 Å². The van der Waals surface area contributed by atoms with E-state index >= 15 is 0 Å². The zero-order valence-electron chi connectivity index (χ0n) is 19.1. The Labute approximate surface area is 201 Å². The highest BCUT2D eigenvalue weighted by Crippen LogP contribution is 2.40. The van der Waals surface area contributed by atoms with Gasteiger partial charge in [-0.1, -0.05) is 17.7 Å². The zero-order chi connectivity index (χ0) is 24.0. The third-order valence-corrected chi connectivity index (χ3v) is 6.31. The van der Waals surface area contributed by atoms with E-state index in [9.17, 15) is 9.59 Å². The number of methoxy groups -OCH3 is 1. The molecule has 34 heavy (non-hydrogen) atoms. The molecule has 1 aliphatic heterocycles. The molecule has 1 fully saturated rings. The average molecular weight is 482 g/mol. The second-order valence-corrected chi connectivity index (χ2v) is 8.92. The third kappa shape index (κ3) is 4.07. The first kappa shape index (κ1) is 22.2. The number of pyridine rings is 1. The summed E-state index contributed by atoms with van der Waals surface area (Å²) in [6.07, 6.45) is 6.86. The van der Waals surface area contributed by atoms with Crippen LogP contribution in [0.1, 0.15) is 32.7 Å².